The van der Waals surface area contributed by atoms with E-state index in [2.05, 4.69) is 5.32 Å². The first kappa shape index (κ1) is 26.7. The summed E-state index contributed by atoms with van der Waals surface area (Å²) in [6.07, 6.45) is -0.0369. The highest BCUT2D eigenvalue weighted by Gasteiger charge is 2.19. The van der Waals surface area contributed by atoms with E-state index >= 15 is 0 Å². The molecule has 9 heteroatoms. The van der Waals surface area contributed by atoms with Crippen LogP contribution in [-0.4, -0.2) is 43.8 Å². The number of carboxylic acids is 1. The van der Waals surface area contributed by atoms with Crippen molar-refractivity contribution < 1.29 is 28.2 Å². The highest BCUT2D eigenvalue weighted by Crippen LogP contribution is 2.27. The van der Waals surface area contributed by atoms with E-state index in [-0.39, 0.29) is 15.8 Å². The number of aliphatic hydroxyl groups excluding tert-OH is 1. The Balaban J connectivity index is 1.61. The number of hydrogen-bond acceptors (Lipinski definition) is 6. The Labute approximate surface area is 210 Å². The van der Waals surface area contributed by atoms with Crippen LogP contribution in [-0.2, 0) is 21.1 Å². The molecule has 0 aliphatic heterocycles. The van der Waals surface area contributed by atoms with Crippen molar-refractivity contribution in [3.8, 4) is 5.75 Å². The van der Waals surface area contributed by atoms with Crippen molar-refractivity contribution in [2.45, 2.75) is 42.2 Å². The minimum Gasteiger partial charge on any atom is -0.482 e. The zero-order valence-corrected chi connectivity index (χ0v) is 21.0. The van der Waals surface area contributed by atoms with Gasteiger partial charge in [0.25, 0.3) is 0 Å². The molecule has 0 aliphatic rings. The number of carbonyl (C=O) groups is 1. The van der Waals surface area contributed by atoms with Crippen LogP contribution in [0, 0.1) is 6.92 Å². The summed E-state index contributed by atoms with van der Waals surface area (Å²) in [6, 6.07) is 18.2. The van der Waals surface area contributed by atoms with E-state index < -0.39 is 28.5 Å². The summed E-state index contributed by atoms with van der Waals surface area (Å²) in [5, 5.41) is 23.0. The quantitative estimate of drug-likeness (QED) is 0.349. The summed E-state index contributed by atoms with van der Waals surface area (Å²) in [4.78, 5) is 11.0. The maximum atomic E-state index is 13.0. The average Bonchev–Trinajstić information content (AvgIpc) is 2.82. The summed E-state index contributed by atoms with van der Waals surface area (Å²) in [6.45, 7) is 3.52. The van der Waals surface area contributed by atoms with E-state index in [0.29, 0.717) is 29.3 Å². The molecule has 7 nitrogen and oxygen atoms in total. The van der Waals surface area contributed by atoms with Gasteiger partial charge in [-0.05, 0) is 79.4 Å². The van der Waals surface area contributed by atoms with Gasteiger partial charge in [0.1, 0.15) is 5.75 Å². The minimum absolute atomic E-state index is 0.0484. The zero-order valence-electron chi connectivity index (χ0n) is 19.4. The summed E-state index contributed by atoms with van der Waals surface area (Å²) >= 11 is 5.98. The molecule has 0 aromatic heterocycles. The van der Waals surface area contributed by atoms with Crippen LogP contribution in [0.15, 0.2) is 76.5 Å². The molecule has 0 radical (unpaired) electrons. The first-order valence-corrected chi connectivity index (χ1v) is 12.9. The van der Waals surface area contributed by atoms with Gasteiger partial charge in [-0.3, -0.25) is 0 Å². The highest BCUT2D eigenvalue weighted by atomic mass is 35.5. The number of aryl methyl sites for hydroxylation is 1. The predicted molar refractivity (Wildman–Crippen MR) is 134 cm³/mol. The van der Waals surface area contributed by atoms with Crippen LogP contribution < -0.4 is 10.1 Å². The fourth-order valence-electron chi connectivity index (χ4n) is 3.60. The number of ether oxygens (including phenoxy) is 1. The van der Waals surface area contributed by atoms with Crippen LogP contribution in [0.4, 0.5) is 0 Å². The second kappa shape index (κ2) is 11.7. The first-order chi connectivity index (χ1) is 16.6. The van der Waals surface area contributed by atoms with E-state index in [4.69, 9.17) is 21.4 Å². The Hall–Kier alpha value is -2.91. The van der Waals surface area contributed by atoms with Gasteiger partial charge in [0.15, 0.2) is 6.61 Å². The lowest BCUT2D eigenvalue weighted by Gasteiger charge is -2.18. The average molecular weight is 518 g/mol. The molecule has 0 saturated heterocycles. The monoisotopic (exact) mass is 517 g/mol. The molecule has 0 spiro atoms. The molecule has 3 aromatic carbocycles. The number of carboxylic acid groups (broad SMARTS) is 1. The smallest absolute Gasteiger partial charge is 0.341 e. The predicted octanol–water partition coefficient (Wildman–Crippen LogP) is 4.20. The molecule has 35 heavy (non-hydrogen) atoms. The van der Waals surface area contributed by atoms with Gasteiger partial charge < -0.3 is 20.3 Å². The van der Waals surface area contributed by atoms with Crippen molar-refractivity contribution in [3.63, 3.8) is 0 Å². The number of hydrogen-bond donors (Lipinski definition) is 3. The molecule has 3 aromatic rings. The van der Waals surface area contributed by atoms with Crippen molar-refractivity contribution >= 4 is 27.4 Å². The summed E-state index contributed by atoms with van der Waals surface area (Å²) in [5.74, 6) is -0.786. The van der Waals surface area contributed by atoms with Gasteiger partial charge in [0, 0.05) is 17.6 Å². The number of aliphatic hydroxyl groups is 1. The van der Waals surface area contributed by atoms with Crippen LogP contribution in [0.25, 0.3) is 0 Å². The molecule has 2 atom stereocenters. The molecule has 3 rings (SSSR count). The molecule has 3 N–H and O–H groups in total. The number of halogens is 1. The third-order valence-corrected chi connectivity index (χ3v) is 7.48. The fourth-order valence-corrected chi connectivity index (χ4v) is 5.15. The molecule has 0 unspecified atom stereocenters. The van der Waals surface area contributed by atoms with E-state index in [1.54, 1.807) is 49.4 Å². The first-order valence-electron chi connectivity index (χ1n) is 11.0. The summed E-state index contributed by atoms with van der Waals surface area (Å²) in [5.41, 5.74) is 2.22. The van der Waals surface area contributed by atoms with E-state index in [1.165, 1.54) is 18.2 Å². The van der Waals surface area contributed by atoms with Gasteiger partial charge in [-0.2, -0.15) is 0 Å². The molecule has 186 valence electrons. The van der Waals surface area contributed by atoms with E-state index in [9.17, 15) is 18.3 Å². The lowest BCUT2D eigenvalue weighted by molar-refractivity contribution is -0.139. The van der Waals surface area contributed by atoms with Crippen LogP contribution in [0.1, 0.15) is 29.7 Å². The Morgan fingerprint density at radius 3 is 2.37 bits per heavy atom. The largest absolute Gasteiger partial charge is 0.482 e. The normalized spacial score (nSPS) is 13.3. The molecule has 0 bridgehead atoms. The Bertz CT molecular complexity index is 1280. The highest BCUT2D eigenvalue weighted by molar-refractivity contribution is 7.91. The minimum atomic E-state index is -3.74. The van der Waals surface area contributed by atoms with Gasteiger partial charge in [0.2, 0.25) is 9.84 Å². The van der Waals surface area contributed by atoms with E-state index in [1.807, 2.05) is 13.0 Å². The second-order valence-corrected chi connectivity index (χ2v) is 10.7. The Kier molecular flexibility index (Phi) is 8.91. The lowest BCUT2D eigenvalue weighted by Crippen LogP contribution is -2.32. The van der Waals surface area contributed by atoms with Gasteiger partial charge >= 0.3 is 5.97 Å². The molecular formula is C26H28ClNO6S. The Morgan fingerprint density at radius 2 is 1.74 bits per heavy atom. The molecule has 0 aliphatic carbocycles. The third kappa shape index (κ3) is 7.29. The fraction of sp³-hybridized carbons (Fsp3) is 0.269. The van der Waals surface area contributed by atoms with Gasteiger partial charge in [-0.1, -0.05) is 35.9 Å². The van der Waals surface area contributed by atoms with Crippen molar-refractivity contribution in [3.05, 3.63) is 88.4 Å². The van der Waals surface area contributed by atoms with Gasteiger partial charge in [0.05, 0.1) is 15.9 Å². The number of benzene rings is 3. The van der Waals surface area contributed by atoms with Gasteiger partial charge in [-0.25, -0.2) is 13.2 Å². The zero-order chi connectivity index (χ0) is 25.6. The SMILES string of the molecule is Cc1cc(S(=O)(=O)c2ccc(C[C@@H](C)NC[C@H](O)c3cccc(Cl)c3)cc2)ccc1OCC(=O)O. The van der Waals surface area contributed by atoms with Crippen molar-refractivity contribution in [1.29, 1.82) is 0 Å². The number of aliphatic carboxylic acids is 1. The van der Waals surface area contributed by atoms with Crippen molar-refractivity contribution in [2.24, 2.45) is 0 Å². The number of rotatable bonds is 11. The maximum absolute atomic E-state index is 13.0. The molecule has 0 amide bonds. The number of sulfone groups is 1. The topological polar surface area (TPSA) is 113 Å². The van der Waals surface area contributed by atoms with Crippen LogP contribution in [0.3, 0.4) is 0 Å². The van der Waals surface area contributed by atoms with Gasteiger partial charge in [-0.15, -0.1) is 0 Å². The van der Waals surface area contributed by atoms with Crippen LogP contribution >= 0.6 is 11.6 Å². The van der Waals surface area contributed by atoms with E-state index in [0.717, 1.165) is 11.1 Å². The van der Waals surface area contributed by atoms with Crippen LogP contribution in [0.2, 0.25) is 5.02 Å². The summed E-state index contributed by atoms with van der Waals surface area (Å²) < 4.78 is 31.3. The number of nitrogens with one attached hydrogen (secondary N) is 1. The maximum Gasteiger partial charge on any atom is 0.341 e. The van der Waals surface area contributed by atoms with Crippen LogP contribution in [0.5, 0.6) is 5.75 Å². The third-order valence-electron chi connectivity index (χ3n) is 5.48. The Morgan fingerprint density at radius 1 is 1.06 bits per heavy atom. The standard InChI is InChI=1S/C26H28ClNO6S/c1-17-12-23(10-11-25(17)34-16-26(30)31)35(32,33)22-8-6-19(7-9-22)13-18(2)28-15-24(29)20-4-3-5-21(27)14-20/h3-12,14,18,24,28-29H,13,15-16H2,1-2H3,(H,30,31)/t18-,24+/m1/s1. The lowest BCUT2D eigenvalue weighted by atomic mass is 10.1. The molecular weight excluding hydrogens is 490 g/mol. The molecule has 0 saturated carbocycles. The molecule has 0 fully saturated rings. The summed E-state index contributed by atoms with van der Waals surface area (Å²) in [7, 11) is -3.74. The van der Waals surface area contributed by atoms with Crippen molar-refractivity contribution in [1.82, 2.24) is 5.32 Å². The molecule has 0 heterocycles. The second-order valence-electron chi connectivity index (χ2n) is 8.34. The van der Waals surface area contributed by atoms with Crippen molar-refractivity contribution in [2.75, 3.05) is 13.2 Å².